The van der Waals surface area contributed by atoms with Crippen molar-refractivity contribution in [3.63, 3.8) is 0 Å². The Kier molecular flexibility index (Phi) is 4.87. The maximum Gasteiger partial charge on any atom is 0.224 e. The minimum Gasteiger partial charge on any atom is -0.339 e. The molecule has 0 aromatic rings. The highest BCUT2D eigenvalue weighted by Gasteiger charge is 2.25. The predicted molar refractivity (Wildman–Crippen MR) is 67.7 cm³/mol. The minimum atomic E-state index is -0.329. The van der Waals surface area contributed by atoms with Crippen LogP contribution in [0.2, 0.25) is 0 Å². The summed E-state index contributed by atoms with van der Waals surface area (Å²) in [5, 5.41) is 3.11. The van der Waals surface area contributed by atoms with E-state index in [1.165, 1.54) is 0 Å². The normalized spacial score (nSPS) is 16.1. The van der Waals surface area contributed by atoms with E-state index in [-0.39, 0.29) is 17.2 Å². The molecule has 0 aromatic carbocycles. The maximum absolute atomic E-state index is 12.0. The number of amides is 1. The summed E-state index contributed by atoms with van der Waals surface area (Å²) in [6, 6.07) is 0. The molecule has 1 aliphatic rings. The number of nitrogens with one attached hydrogen (secondary N) is 1. The van der Waals surface area contributed by atoms with Gasteiger partial charge in [0.25, 0.3) is 0 Å². The Morgan fingerprint density at radius 1 is 1.35 bits per heavy atom. The first-order valence-electron chi connectivity index (χ1n) is 6.08. The Labute approximate surface area is 103 Å². The number of carbonyl (C=O) groups excluding carboxylic acids is 2. The molecule has 0 saturated carbocycles. The molecule has 0 radical (unpaired) electrons. The summed E-state index contributed by atoms with van der Waals surface area (Å²) in [5.74, 6) is 0.238. The van der Waals surface area contributed by atoms with Crippen LogP contribution in [0.3, 0.4) is 0 Å². The smallest absolute Gasteiger partial charge is 0.224 e. The molecule has 4 nitrogen and oxygen atoms in total. The highest BCUT2D eigenvalue weighted by atomic mass is 16.2. The van der Waals surface area contributed by atoms with E-state index >= 15 is 0 Å². The molecular weight excluding hydrogens is 216 g/mol. The van der Waals surface area contributed by atoms with Crippen molar-refractivity contribution in [3.8, 4) is 0 Å². The second-order valence-electron chi connectivity index (χ2n) is 5.22. The predicted octanol–water partition coefficient (Wildman–Crippen LogP) is 1.12. The molecule has 1 heterocycles. The Morgan fingerprint density at radius 3 is 2.59 bits per heavy atom. The average molecular weight is 238 g/mol. The Bertz CT molecular complexity index is 321. The third kappa shape index (κ3) is 5.13. The van der Waals surface area contributed by atoms with E-state index in [2.05, 4.69) is 11.4 Å². The summed E-state index contributed by atoms with van der Waals surface area (Å²) in [4.78, 5) is 24.8. The summed E-state index contributed by atoms with van der Waals surface area (Å²) in [6.07, 6.45) is 5.49. The summed E-state index contributed by atoms with van der Waals surface area (Å²) >= 11 is 0. The van der Waals surface area contributed by atoms with Crippen LogP contribution in [0, 0.1) is 0 Å². The van der Waals surface area contributed by atoms with Gasteiger partial charge in [-0.05, 0) is 27.2 Å². The molecule has 1 aliphatic heterocycles. The van der Waals surface area contributed by atoms with Crippen molar-refractivity contribution in [2.75, 3.05) is 19.6 Å². The molecule has 1 amide bonds. The van der Waals surface area contributed by atoms with Crippen molar-refractivity contribution in [1.82, 2.24) is 10.2 Å². The van der Waals surface area contributed by atoms with Gasteiger partial charge in [-0.15, -0.1) is 0 Å². The molecule has 17 heavy (non-hydrogen) atoms. The van der Waals surface area contributed by atoms with E-state index in [0.29, 0.717) is 19.5 Å². The minimum absolute atomic E-state index is 0.0893. The van der Waals surface area contributed by atoms with Crippen molar-refractivity contribution in [3.05, 3.63) is 12.2 Å². The van der Waals surface area contributed by atoms with Crippen molar-refractivity contribution in [2.45, 2.75) is 39.2 Å². The third-order valence-corrected chi connectivity index (χ3v) is 2.82. The van der Waals surface area contributed by atoms with E-state index in [0.717, 1.165) is 13.0 Å². The molecular formula is C13H22N2O2. The number of Topliss-reactive ketones (excluding diaryl/α,β-unsaturated/α-hetero) is 1. The summed E-state index contributed by atoms with van der Waals surface area (Å²) in [6.45, 7) is 7.28. The standard InChI is InChI=1S/C13H22N2O2/c1-11(16)10-14-13(2,3)9-12(17)15-7-5-4-6-8-15/h4-5,14H,6-10H2,1-3H3. The fraction of sp³-hybridized carbons (Fsp3) is 0.692. The van der Waals surface area contributed by atoms with Crippen LogP contribution < -0.4 is 5.32 Å². The molecule has 0 spiro atoms. The number of carbonyl (C=O) groups is 2. The van der Waals surface area contributed by atoms with Crippen LogP contribution in [-0.2, 0) is 9.59 Å². The zero-order valence-electron chi connectivity index (χ0n) is 11.0. The first kappa shape index (κ1) is 13.9. The van der Waals surface area contributed by atoms with Crippen molar-refractivity contribution < 1.29 is 9.59 Å². The van der Waals surface area contributed by atoms with Gasteiger partial charge in [0.05, 0.1) is 6.54 Å². The number of hydrogen-bond donors (Lipinski definition) is 1. The van der Waals surface area contributed by atoms with E-state index < -0.39 is 0 Å². The quantitative estimate of drug-likeness (QED) is 0.730. The zero-order chi connectivity index (χ0) is 12.9. The number of nitrogens with zero attached hydrogens (tertiary/aromatic N) is 1. The van der Waals surface area contributed by atoms with Gasteiger partial charge in [0.1, 0.15) is 5.78 Å². The Morgan fingerprint density at radius 2 is 2.06 bits per heavy atom. The maximum atomic E-state index is 12.0. The van der Waals surface area contributed by atoms with E-state index in [1.54, 1.807) is 6.92 Å². The van der Waals surface area contributed by atoms with Gasteiger partial charge < -0.3 is 10.2 Å². The molecule has 0 saturated heterocycles. The van der Waals surface area contributed by atoms with E-state index in [1.807, 2.05) is 24.8 Å². The van der Waals surface area contributed by atoms with Crippen LogP contribution in [0.25, 0.3) is 0 Å². The largest absolute Gasteiger partial charge is 0.339 e. The van der Waals surface area contributed by atoms with Crippen LogP contribution >= 0.6 is 0 Å². The van der Waals surface area contributed by atoms with Gasteiger partial charge in [0.15, 0.2) is 0 Å². The number of ketones is 1. The summed E-state index contributed by atoms with van der Waals surface area (Å²) in [7, 11) is 0. The Balaban J connectivity index is 2.42. The van der Waals surface area contributed by atoms with Gasteiger partial charge in [0, 0.05) is 25.0 Å². The van der Waals surface area contributed by atoms with Crippen LogP contribution in [-0.4, -0.2) is 41.8 Å². The van der Waals surface area contributed by atoms with Gasteiger partial charge in [-0.25, -0.2) is 0 Å². The lowest BCUT2D eigenvalue weighted by molar-refractivity contribution is -0.132. The second kappa shape index (κ2) is 5.96. The van der Waals surface area contributed by atoms with Gasteiger partial charge in [-0.2, -0.15) is 0 Å². The lowest BCUT2D eigenvalue weighted by Gasteiger charge is -2.30. The van der Waals surface area contributed by atoms with E-state index in [4.69, 9.17) is 0 Å². The van der Waals surface area contributed by atoms with Crippen LogP contribution in [0.5, 0.6) is 0 Å². The molecule has 0 atom stereocenters. The molecule has 0 fully saturated rings. The molecule has 0 aromatic heterocycles. The molecule has 1 rings (SSSR count). The average Bonchev–Trinajstić information content (AvgIpc) is 2.27. The molecule has 0 bridgehead atoms. The van der Waals surface area contributed by atoms with Gasteiger partial charge in [0.2, 0.25) is 5.91 Å². The van der Waals surface area contributed by atoms with Crippen LogP contribution in [0.1, 0.15) is 33.6 Å². The first-order chi connectivity index (χ1) is 7.91. The van der Waals surface area contributed by atoms with Crippen LogP contribution in [0.15, 0.2) is 12.2 Å². The van der Waals surface area contributed by atoms with Crippen molar-refractivity contribution in [1.29, 1.82) is 0 Å². The molecule has 1 N–H and O–H groups in total. The first-order valence-corrected chi connectivity index (χ1v) is 6.08. The lowest BCUT2D eigenvalue weighted by Crippen LogP contribution is -2.47. The zero-order valence-corrected chi connectivity index (χ0v) is 11.0. The third-order valence-electron chi connectivity index (χ3n) is 2.82. The second-order valence-corrected chi connectivity index (χ2v) is 5.22. The molecule has 0 aliphatic carbocycles. The summed E-state index contributed by atoms with van der Waals surface area (Å²) < 4.78 is 0. The van der Waals surface area contributed by atoms with E-state index in [9.17, 15) is 9.59 Å². The van der Waals surface area contributed by atoms with Gasteiger partial charge >= 0.3 is 0 Å². The fourth-order valence-corrected chi connectivity index (χ4v) is 1.78. The topological polar surface area (TPSA) is 49.4 Å². The fourth-order valence-electron chi connectivity index (χ4n) is 1.78. The number of hydrogen-bond acceptors (Lipinski definition) is 3. The molecule has 4 heteroatoms. The highest BCUT2D eigenvalue weighted by molar-refractivity contribution is 5.79. The Hall–Kier alpha value is -1.16. The van der Waals surface area contributed by atoms with Gasteiger partial charge in [-0.1, -0.05) is 12.2 Å². The number of rotatable bonds is 5. The SMILES string of the molecule is CC(=O)CNC(C)(C)CC(=O)N1CC=CCC1. The van der Waals surface area contributed by atoms with Gasteiger partial charge in [-0.3, -0.25) is 9.59 Å². The molecule has 96 valence electrons. The van der Waals surface area contributed by atoms with Crippen molar-refractivity contribution in [2.24, 2.45) is 0 Å². The van der Waals surface area contributed by atoms with Crippen LogP contribution in [0.4, 0.5) is 0 Å². The molecule has 0 unspecified atom stereocenters. The van der Waals surface area contributed by atoms with Crippen molar-refractivity contribution >= 4 is 11.7 Å². The lowest BCUT2D eigenvalue weighted by atomic mass is 9.99. The summed E-state index contributed by atoms with van der Waals surface area (Å²) in [5.41, 5.74) is -0.329. The highest BCUT2D eigenvalue weighted by Crippen LogP contribution is 2.12. The monoisotopic (exact) mass is 238 g/mol.